The van der Waals surface area contributed by atoms with Crippen LogP contribution in [0.15, 0.2) is 18.2 Å². The number of anilines is 2. The molecule has 0 aliphatic heterocycles. The van der Waals surface area contributed by atoms with E-state index in [1.165, 1.54) is 13.1 Å². The number of hydrogen-bond donors (Lipinski definition) is 2. The van der Waals surface area contributed by atoms with Gasteiger partial charge in [-0.3, -0.25) is 0 Å². The first-order valence-corrected chi connectivity index (χ1v) is 3.77. The van der Waals surface area contributed by atoms with E-state index in [2.05, 4.69) is 0 Å². The van der Waals surface area contributed by atoms with Gasteiger partial charge in [-0.2, -0.15) is 13.2 Å². The van der Waals surface area contributed by atoms with Crippen LogP contribution in [-0.2, 0) is 6.18 Å². The molecule has 0 heterocycles. The van der Waals surface area contributed by atoms with Crippen molar-refractivity contribution < 1.29 is 13.2 Å². The van der Waals surface area contributed by atoms with Crippen molar-refractivity contribution in [1.82, 2.24) is 0 Å². The monoisotopic (exact) mass is 205 g/mol. The van der Waals surface area contributed by atoms with Crippen LogP contribution in [0.5, 0.6) is 0 Å². The average molecular weight is 205 g/mol. The van der Waals surface area contributed by atoms with Gasteiger partial charge in [-0.05, 0) is 18.2 Å². The van der Waals surface area contributed by atoms with Gasteiger partial charge in [-0.15, -0.1) is 0 Å². The Hall–Kier alpha value is -1.43. The molecule has 0 unspecified atom stereocenters. The molecule has 6 heteroatoms. The summed E-state index contributed by atoms with van der Waals surface area (Å²) in [6.45, 7) is 0. The fourth-order valence-electron chi connectivity index (χ4n) is 1.03. The number of hydrogen-bond acceptors (Lipinski definition) is 3. The Morgan fingerprint density at radius 1 is 1.29 bits per heavy atom. The van der Waals surface area contributed by atoms with E-state index < -0.39 is 11.7 Å². The molecular formula is C8H10F3N3. The van der Waals surface area contributed by atoms with E-state index in [0.717, 1.165) is 17.1 Å². The number of halogens is 3. The fraction of sp³-hybridized carbons (Fsp3) is 0.250. The minimum absolute atomic E-state index is 0.153. The first-order chi connectivity index (χ1) is 6.32. The third-order valence-corrected chi connectivity index (χ3v) is 1.74. The third kappa shape index (κ3) is 2.08. The zero-order chi connectivity index (χ0) is 10.9. The van der Waals surface area contributed by atoms with Gasteiger partial charge in [0.25, 0.3) is 0 Å². The predicted molar refractivity (Wildman–Crippen MR) is 48.4 cm³/mol. The van der Waals surface area contributed by atoms with Crippen LogP contribution in [0.3, 0.4) is 0 Å². The van der Waals surface area contributed by atoms with E-state index in [-0.39, 0.29) is 11.4 Å². The van der Waals surface area contributed by atoms with E-state index in [4.69, 9.17) is 11.6 Å². The molecule has 3 nitrogen and oxygen atoms in total. The van der Waals surface area contributed by atoms with Crippen LogP contribution in [-0.4, -0.2) is 7.05 Å². The minimum atomic E-state index is -4.38. The van der Waals surface area contributed by atoms with E-state index in [0.29, 0.717) is 0 Å². The van der Waals surface area contributed by atoms with Crippen LogP contribution in [0, 0.1) is 0 Å². The summed E-state index contributed by atoms with van der Waals surface area (Å²) < 4.78 is 36.8. The molecule has 1 aromatic carbocycles. The van der Waals surface area contributed by atoms with Crippen molar-refractivity contribution in [1.29, 1.82) is 0 Å². The van der Waals surface area contributed by atoms with Crippen molar-refractivity contribution in [3.05, 3.63) is 23.8 Å². The second-order valence-corrected chi connectivity index (χ2v) is 2.88. The smallest absolute Gasteiger partial charge is 0.397 e. The normalized spacial score (nSPS) is 11.5. The Balaban J connectivity index is 3.20. The van der Waals surface area contributed by atoms with Gasteiger partial charge in [0.05, 0.1) is 16.9 Å². The standard InChI is InChI=1S/C8H10F3N3/c1-14(13)7-4-5(8(9,10)11)2-3-6(7)12/h2-4H,12-13H2,1H3. The van der Waals surface area contributed by atoms with Gasteiger partial charge in [0.1, 0.15) is 0 Å². The van der Waals surface area contributed by atoms with Gasteiger partial charge < -0.3 is 10.7 Å². The lowest BCUT2D eigenvalue weighted by molar-refractivity contribution is -0.137. The Morgan fingerprint density at radius 2 is 1.86 bits per heavy atom. The second kappa shape index (κ2) is 3.38. The van der Waals surface area contributed by atoms with Crippen molar-refractivity contribution in [2.75, 3.05) is 17.8 Å². The molecule has 14 heavy (non-hydrogen) atoms. The molecule has 4 N–H and O–H groups in total. The van der Waals surface area contributed by atoms with Gasteiger partial charge >= 0.3 is 6.18 Å². The highest BCUT2D eigenvalue weighted by molar-refractivity contribution is 5.67. The van der Waals surface area contributed by atoms with Crippen molar-refractivity contribution in [2.24, 2.45) is 5.84 Å². The summed E-state index contributed by atoms with van der Waals surface area (Å²) in [7, 11) is 1.42. The molecule has 78 valence electrons. The Kier molecular flexibility index (Phi) is 2.57. The molecule has 1 rings (SSSR count). The quantitative estimate of drug-likeness (QED) is 0.416. The van der Waals surface area contributed by atoms with Gasteiger partial charge in [-0.1, -0.05) is 0 Å². The highest BCUT2D eigenvalue weighted by atomic mass is 19.4. The van der Waals surface area contributed by atoms with Crippen molar-refractivity contribution in [2.45, 2.75) is 6.18 Å². The first kappa shape index (κ1) is 10.6. The molecule has 0 aliphatic carbocycles. The highest BCUT2D eigenvalue weighted by Crippen LogP contribution is 2.33. The largest absolute Gasteiger partial charge is 0.416 e. The van der Waals surface area contributed by atoms with Gasteiger partial charge in [-0.25, -0.2) is 5.84 Å². The Morgan fingerprint density at radius 3 is 2.29 bits per heavy atom. The van der Waals surface area contributed by atoms with Crippen LogP contribution in [0.1, 0.15) is 5.56 Å². The maximum Gasteiger partial charge on any atom is 0.416 e. The van der Waals surface area contributed by atoms with Gasteiger partial charge in [0.15, 0.2) is 0 Å². The molecular weight excluding hydrogens is 195 g/mol. The molecule has 0 atom stereocenters. The molecule has 0 saturated heterocycles. The van der Waals surface area contributed by atoms with Gasteiger partial charge in [0, 0.05) is 7.05 Å². The summed E-state index contributed by atoms with van der Waals surface area (Å²) in [5, 5.41) is 1.05. The number of nitrogens with two attached hydrogens (primary N) is 2. The van der Waals surface area contributed by atoms with Crippen LogP contribution in [0.2, 0.25) is 0 Å². The lowest BCUT2D eigenvalue weighted by atomic mass is 10.1. The molecule has 0 bridgehead atoms. The molecule has 0 aliphatic rings. The van der Waals surface area contributed by atoms with Crippen LogP contribution in [0.25, 0.3) is 0 Å². The molecule has 1 aromatic rings. The fourth-order valence-corrected chi connectivity index (χ4v) is 1.03. The number of nitrogen functional groups attached to an aromatic ring is 1. The maximum absolute atomic E-state index is 12.3. The topological polar surface area (TPSA) is 55.3 Å². The lowest BCUT2D eigenvalue weighted by Crippen LogP contribution is -2.26. The number of benzene rings is 1. The molecule has 0 saturated carbocycles. The van der Waals surface area contributed by atoms with Crippen LogP contribution < -0.4 is 16.6 Å². The maximum atomic E-state index is 12.3. The molecule has 0 amide bonds. The van der Waals surface area contributed by atoms with E-state index in [9.17, 15) is 13.2 Å². The molecule has 0 fully saturated rings. The van der Waals surface area contributed by atoms with E-state index >= 15 is 0 Å². The number of hydrazine groups is 1. The Labute approximate surface area is 79.1 Å². The van der Waals surface area contributed by atoms with E-state index in [1.54, 1.807) is 0 Å². The molecule has 0 aromatic heterocycles. The Bertz CT molecular complexity index is 333. The number of nitrogens with zero attached hydrogens (tertiary/aromatic N) is 1. The van der Waals surface area contributed by atoms with Gasteiger partial charge in [0.2, 0.25) is 0 Å². The van der Waals surface area contributed by atoms with Crippen LogP contribution >= 0.6 is 0 Å². The first-order valence-electron chi connectivity index (χ1n) is 3.77. The summed E-state index contributed by atoms with van der Waals surface area (Å²) in [4.78, 5) is 0. The average Bonchev–Trinajstić information content (AvgIpc) is 2.02. The summed E-state index contributed by atoms with van der Waals surface area (Å²) in [6, 6.07) is 3.01. The SMILES string of the molecule is CN(N)c1cc(C(F)(F)F)ccc1N. The molecule has 0 radical (unpaired) electrons. The highest BCUT2D eigenvalue weighted by Gasteiger charge is 2.31. The summed E-state index contributed by atoms with van der Waals surface area (Å²) in [5.74, 6) is 5.31. The summed E-state index contributed by atoms with van der Waals surface area (Å²) in [5.41, 5.74) is 5.04. The zero-order valence-corrected chi connectivity index (χ0v) is 7.47. The number of rotatable bonds is 1. The number of alkyl halides is 3. The summed E-state index contributed by atoms with van der Waals surface area (Å²) >= 11 is 0. The summed E-state index contributed by atoms with van der Waals surface area (Å²) in [6.07, 6.45) is -4.38. The zero-order valence-electron chi connectivity index (χ0n) is 7.47. The minimum Gasteiger partial charge on any atom is -0.397 e. The van der Waals surface area contributed by atoms with Crippen molar-refractivity contribution >= 4 is 11.4 Å². The van der Waals surface area contributed by atoms with Crippen molar-refractivity contribution in [3.8, 4) is 0 Å². The van der Waals surface area contributed by atoms with E-state index in [1.807, 2.05) is 0 Å². The lowest BCUT2D eigenvalue weighted by Gasteiger charge is -2.16. The second-order valence-electron chi connectivity index (χ2n) is 2.88. The van der Waals surface area contributed by atoms with Crippen molar-refractivity contribution in [3.63, 3.8) is 0 Å². The third-order valence-electron chi connectivity index (χ3n) is 1.74. The molecule has 0 spiro atoms. The van der Waals surface area contributed by atoms with Crippen LogP contribution in [0.4, 0.5) is 24.5 Å². The predicted octanol–water partition coefficient (Wildman–Crippen LogP) is 1.60.